The Morgan fingerprint density at radius 3 is 2.37 bits per heavy atom. The molecule has 0 unspecified atom stereocenters. The highest BCUT2D eigenvalue weighted by Crippen LogP contribution is 2.15. The Hall–Kier alpha value is -2.67. The lowest BCUT2D eigenvalue weighted by Gasteiger charge is -2.17. The predicted molar refractivity (Wildman–Crippen MR) is 105 cm³/mol. The fourth-order valence-electron chi connectivity index (χ4n) is 2.48. The molecule has 6 nitrogen and oxygen atoms in total. The van der Waals surface area contributed by atoms with E-state index in [0.717, 1.165) is 5.56 Å². The molecule has 2 amide bonds. The summed E-state index contributed by atoms with van der Waals surface area (Å²) in [5.41, 5.74) is 1.41. The topological polar surface area (TPSA) is 84.5 Å². The molecule has 0 bridgehead atoms. The number of rotatable bonds is 8. The molecule has 0 radical (unpaired) electrons. The maximum atomic E-state index is 12.2. The van der Waals surface area contributed by atoms with Crippen molar-refractivity contribution in [3.63, 3.8) is 0 Å². The van der Waals surface area contributed by atoms with Crippen molar-refractivity contribution in [2.45, 2.75) is 18.9 Å². The Kier molecular flexibility index (Phi) is 8.00. The zero-order chi connectivity index (χ0) is 19.6. The first-order valence-electron chi connectivity index (χ1n) is 8.45. The SMILES string of the molecule is COC(=O)[C@H](Cc1ccccc1)NC(=O)CCNC(=O)c1ccccc1Br. The van der Waals surface area contributed by atoms with Crippen LogP contribution in [0.2, 0.25) is 0 Å². The molecule has 2 rings (SSSR count). The summed E-state index contributed by atoms with van der Waals surface area (Å²) < 4.78 is 5.45. The number of amides is 2. The fourth-order valence-corrected chi connectivity index (χ4v) is 2.95. The number of carbonyl (C=O) groups is 3. The van der Waals surface area contributed by atoms with Crippen molar-refractivity contribution in [1.29, 1.82) is 0 Å². The standard InChI is InChI=1S/C20H21BrN2O4/c1-27-20(26)17(13-14-7-3-2-4-8-14)23-18(24)11-12-22-19(25)15-9-5-6-10-16(15)21/h2-10,17H,11-13H2,1H3,(H,22,25)(H,23,24)/t17-/m0/s1. The third kappa shape index (κ3) is 6.53. The van der Waals surface area contributed by atoms with Crippen molar-refractivity contribution in [3.05, 3.63) is 70.2 Å². The lowest BCUT2D eigenvalue weighted by Crippen LogP contribution is -2.44. The van der Waals surface area contributed by atoms with Crippen molar-refractivity contribution in [1.82, 2.24) is 10.6 Å². The van der Waals surface area contributed by atoms with E-state index in [0.29, 0.717) is 16.5 Å². The highest BCUT2D eigenvalue weighted by molar-refractivity contribution is 9.10. The van der Waals surface area contributed by atoms with Crippen LogP contribution in [0, 0.1) is 0 Å². The van der Waals surface area contributed by atoms with E-state index in [2.05, 4.69) is 26.6 Å². The van der Waals surface area contributed by atoms with E-state index in [1.165, 1.54) is 7.11 Å². The lowest BCUT2D eigenvalue weighted by atomic mass is 10.1. The number of hydrogen-bond donors (Lipinski definition) is 2. The van der Waals surface area contributed by atoms with Crippen LogP contribution >= 0.6 is 15.9 Å². The molecule has 0 aliphatic rings. The number of methoxy groups -OCH3 is 1. The van der Waals surface area contributed by atoms with Crippen LogP contribution in [0.5, 0.6) is 0 Å². The highest BCUT2D eigenvalue weighted by atomic mass is 79.9. The molecule has 0 fully saturated rings. The first-order valence-corrected chi connectivity index (χ1v) is 9.24. The van der Waals surface area contributed by atoms with Crippen LogP contribution in [0.15, 0.2) is 59.1 Å². The molecule has 7 heteroatoms. The van der Waals surface area contributed by atoms with Crippen LogP contribution < -0.4 is 10.6 Å². The van der Waals surface area contributed by atoms with Crippen molar-refractivity contribution in [2.24, 2.45) is 0 Å². The average molecular weight is 433 g/mol. The van der Waals surface area contributed by atoms with E-state index >= 15 is 0 Å². The number of hydrogen-bond acceptors (Lipinski definition) is 4. The number of esters is 1. The van der Waals surface area contributed by atoms with Gasteiger partial charge >= 0.3 is 5.97 Å². The summed E-state index contributed by atoms with van der Waals surface area (Å²) in [6, 6.07) is 15.6. The second-order valence-corrected chi connectivity index (χ2v) is 6.67. The third-order valence-electron chi connectivity index (χ3n) is 3.86. The van der Waals surface area contributed by atoms with E-state index in [4.69, 9.17) is 4.74 Å². The first-order chi connectivity index (χ1) is 13.0. The van der Waals surface area contributed by atoms with E-state index in [1.807, 2.05) is 36.4 Å². The Balaban J connectivity index is 1.85. The van der Waals surface area contributed by atoms with E-state index in [-0.39, 0.29) is 24.8 Å². The predicted octanol–water partition coefficient (Wildman–Crippen LogP) is 2.47. The van der Waals surface area contributed by atoms with Gasteiger partial charge in [-0.05, 0) is 33.6 Å². The van der Waals surface area contributed by atoms with Gasteiger partial charge < -0.3 is 15.4 Å². The minimum Gasteiger partial charge on any atom is -0.467 e. The van der Waals surface area contributed by atoms with Crippen LogP contribution in [0.1, 0.15) is 22.3 Å². The van der Waals surface area contributed by atoms with Crippen molar-refractivity contribution < 1.29 is 19.1 Å². The number of nitrogens with one attached hydrogen (secondary N) is 2. The maximum absolute atomic E-state index is 12.2. The van der Waals surface area contributed by atoms with Gasteiger partial charge in [-0.1, -0.05) is 42.5 Å². The largest absolute Gasteiger partial charge is 0.467 e. The number of carbonyl (C=O) groups excluding carboxylic acids is 3. The molecular formula is C20H21BrN2O4. The van der Waals surface area contributed by atoms with Crippen LogP contribution in [-0.2, 0) is 20.7 Å². The van der Waals surface area contributed by atoms with Gasteiger partial charge in [-0.3, -0.25) is 9.59 Å². The van der Waals surface area contributed by atoms with Gasteiger partial charge in [0.2, 0.25) is 5.91 Å². The van der Waals surface area contributed by atoms with Crippen LogP contribution in [0.25, 0.3) is 0 Å². The summed E-state index contributed by atoms with van der Waals surface area (Å²) >= 11 is 3.31. The van der Waals surface area contributed by atoms with Gasteiger partial charge in [0.05, 0.1) is 12.7 Å². The van der Waals surface area contributed by atoms with E-state index in [1.54, 1.807) is 18.2 Å². The fraction of sp³-hybridized carbons (Fsp3) is 0.250. The van der Waals surface area contributed by atoms with E-state index in [9.17, 15) is 14.4 Å². The molecule has 0 aliphatic carbocycles. The molecule has 1 atom stereocenters. The third-order valence-corrected chi connectivity index (χ3v) is 4.55. The minimum atomic E-state index is -0.774. The van der Waals surface area contributed by atoms with Gasteiger partial charge in [-0.2, -0.15) is 0 Å². The van der Waals surface area contributed by atoms with Crippen LogP contribution in [0.4, 0.5) is 0 Å². The average Bonchev–Trinajstić information content (AvgIpc) is 2.68. The molecule has 0 aliphatic heterocycles. The Bertz CT molecular complexity index is 796. The lowest BCUT2D eigenvalue weighted by molar-refractivity contribution is -0.145. The summed E-state index contributed by atoms with van der Waals surface area (Å²) in [6.45, 7) is 0.158. The smallest absolute Gasteiger partial charge is 0.328 e. The second-order valence-electron chi connectivity index (χ2n) is 5.82. The van der Waals surface area contributed by atoms with E-state index < -0.39 is 12.0 Å². The summed E-state index contributed by atoms with van der Waals surface area (Å²) in [6.07, 6.45) is 0.390. The molecule has 0 saturated heterocycles. The van der Waals surface area contributed by atoms with Gasteiger partial charge in [0.15, 0.2) is 0 Å². The quantitative estimate of drug-likeness (QED) is 0.627. The molecular weight excluding hydrogens is 412 g/mol. The van der Waals surface area contributed by atoms with Crippen LogP contribution in [0.3, 0.4) is 0 Å². The van der Waals surface area contributed by atoms with Gasteiger partial charge in [0, 0.05) is 23.9 Å². The summed E-state index contributed by atoms with van der Waals surface area (Å²) in [5, 5.41) is 5.36. The molecule has 0 aromatic heterocycles. The van der Waals surface area contributed by atoms with Crippen molar-refractivity contribution in [3.8, 4) is 0 Å². The van der Waals surface area contributed by atoms with Crippen molar-refractivity contribution in [2.75, 3.05) is 13.7 Å². The normalized spacial score (nSPS) is 11.3. The van der Waals surface area contributed by atoms with Gasteiger partial charge in [0.25, 0.3) is 5.91 Å². The van der Waals surface area contributed by atoms with Gasteiger partial charge in [0.1, 0.15) is 6.04 Å². The molecule has 142 valence electrons. The maximum Gasteiger partial charge on any atom is 0.328 e. The first kappa shape index (κ1) is 20.6. The Labute approximate surface area is 166 Å². The molecule has 2 aromatic carbocycles. The zero-order valence-electron chi connectivity index (χ0n) is 14.9. The second kappa shape index (κ2) is 10.5. The number of ether oxygens (including phenoxy) is 1. The van der Waals surface area contributed by atoms with Crippen molar-refractivity contribution >= 4 is 33.7 Å². The zero-order valence-corrected chi connectivity index (χ0v) is 16.5. The molecule has 2 aromatic rings. The Morgan fingerprint density at radius 2 is 1.70 bits per heavy atom. The molecule has 0 heterocycles. The van der Waals surface area contributed by atoms with Crippen LogP contribution in [-0.4, -0.2) is 37.5 Å². The van der Waals surface area contributed by atoms with Gasteiger partial charge in [-0.15, -0.1) is 0 Å². The highest BCUT2D eigenvalue weighted by Gasteiger charge is 2.21. The Morgan fingerprint density at radius 1 is 1.04 bits per heavy atom. The van der Waals surface area contributed by atoms with Gasteiger partial charge in [-0.25, -0.2) is 4.79 Å². The summed E-state index contributed by atoms with van der Waals surface area (Å²) in [7, 11) is 1.28. The molecule has 0 spiro atoms. The molecule has 0 saturated carbocycles. The monoisotopic (exact) mass is 432 g/mol. The number of halogens is 1. The summed E-state index contributed by atoms with van der Waals surface area (Å²) in [5.74, 6) is -1.12. The molecule has 2 N–H and O–H groups in total. The summed E-state index contributed by atoms with van der Waals surface area (Å²) in [4.78, 5) is 36.2. The number of benzene rings is 2. The minimum absolute atomic E-state index is 0.0540. The molecule has 27 heavy (non-hydrogen) atoms.